The second-order valence-corrected chi connectivity index (χ2v) is 4.85. The SMILES string of the molecule is CCCCC(C)NC(=O)c1cccc(NCCC)n1. The zero-order chi connectivity index (χ0) is 14.1. The minimum atomic E-state index is -0.0937. The van der Waals surface area contributed by atoms with Gasteiger partial charge in [0, 0.05) is 12.6 Å². The van der Waals surface area contributed by atoms with Crippen molar-refractivity contribution in [3.8, 4) is 0 Å². The molecule has 0 saturated carbocycles. The maximum Gasteiger partial charge on any atom is 0.270 e. The molecule has 0 aromatic carbocycles. The molecule has 4 nitrogen and oxygen atoms in total. The summed E-state index contributed by atoms with van der Waals surface area (Å²) in [6.07, 6.45) is 4.32. The van der Waals surface area contributed by atoms with E-state index in [-0.39, 0.29) is 11.9 Å². The van der Waals surface area contributed by atoms with E-state index >= 15 is 0 Å². The average molecular weight is 263 g/mol. The number of amides is 1. The zero-order valence-electron chi connectivity index (χ0n) is 12.2. The lowest BCUT2D eigenvalue weighted by Crippen LogP contribution is -2.33. The van der Waals surface area contributed by atoms with Gasteiger partial charge in [0.2, 0.25) is 0 Å². The largest absolute Gasteiger partial charge is 0.370 e. The molecule has 1 amide bonds. The van der Waals surface area contributed by atoms with E-state index in [0.29, 0.717) is 5.69 Å². The maximum absolute atomic E-state index is 12.0. The number of pyridine rings is 1. The molecule has 1 rings (SSSR count). The number of nitrogens with zero attached hydrogens (tertiary/aromatic N) is 1. The molecule has 1 aromatic rings. The van der Waals surface area contributed by atoms with Crippen LogP contribution in [-0.2, 0) is 0 Å². The molecule has 0 spiro atoms. The lowest BCUT2D eigenvalue weighted by atomic mass is 10.1. The van der Waals surface area contributed by atoms with Crippen LogP contribution in [-0.4, -0.2) is 23.5 Å². The van der Waals surface area contributed by atoms with Crippen LogP contribution in [0.5, 0.6) is 0 Å². The van der Waals surface area contributed by atoms with E-state index in [1.54, 1.807) is 6.07 Å². The minimum absolute atomic E-state index is 0.0937. The fraction of sp³-hybridized carbons (Fsp3) is 0.600. The summed E-state index contributed by atoms with van der Waals surface area (Å²) in [5.74, 6) is 0.666. The van der Waals surface area contributed by atoms with Crippen LogP contribution in [0.15, 0.2) is 18.2 Å². The van der Waals surface area contributed by atoms with Crippen LogP contribution in [0.2, 0.25) is 0 Å². The van der Waals surface area contributed by atoms with Crippen molar-refractivity contribution in [2.45, 2.75) is 52.5 Å². The molecule has 0 aliphatic rings. The van der Waals surface area contributed by atoms with Crippen LogP contribution in [0.1, 0.15) is 56.9 Å². The molecule has 0 aliphatic carbocycles. The summed E-state index contributed by atoms with van der Waals surface area (Å²) in [5.41, 5.74) is 0.476. The fourth-order valence-corrected chi connectivity index (χ4v) is 1.79. The van der Waals surface area contributed by atoms with Gasteiger partial charge in [-0.15, -0.1) is 0 Å². The highest BCUT2D eigenvalue weighted by Crippen LogP contribution is 2.06. The van der Waals surface area contributed by atoms with E-state index in [0.717, 1.165) is 38.0 Å². The van der Waals surface area contributed by atoms with E-state index in [4.69, 9.17) is 0 Å². The topological polar surface area (TPSA) is 54.0 Å². The van der Waals surface area contributed by atoms with Gasteiger partial charge in [-0.3, -0.25) is 4.79 Å². The first kappa shape index (κ1) is 15.5. The standard InChI is InChI=1S/C15H25N3O/c1-4-6-8-12(3)17-15(19)13-9-7-10-14(18-13)16-11-5-2/h7,9-10,12H,4-6,8,11H2,1-3H3,(H,16,18)(H,17,19). The summed E-state index contributed by atoms with van der Waals surface area (Å²) in [6.45, 7) is 7.15. The highest BCUT2D eigenvalue weighted by atomic mass is 16.1. The number of carbonyl (C=O) groups excluding carboxylic acids is 1. The van der Waals surface area contributed by atoms with Crippen LogP contribution in [0, 0.1) is 0 Å². The normalized spacial score (nSPS) is 11.9. The molecule has 1 unspecified atom stereocenters. The number of nitrogens with one attached hydrogen (secondary N) is 2. The predicted molar refractivity (Wildman–Crippen MR) is 79.5 cm³/mol. The molecule has 0 aliphatic heterocycles. The van der Waals surface area contributed by atoms with Crippen molar-refractivity contribution >= 4 is 11.7 Å². The zero-order valence-corrected chi connectivity index (χ0v) is 12.2. The minimum Gasteiger partial charge on any atom is -0.370 e. The van der Waals surface area contributed by atoms with E-state index < -0.39 is 0 Å². The summed E-state index contributed by atoms with van der Waals surface area (Å²) < 4.78 is 0. The Labute approximate surface area is 116 Å². The van der Waals surface area contributed by atoms with Crippen molar-refractivity contribution in [2.24, 2.45) is 0 Å². The van der Waals surface area contributed by atoms with Gasteiger partial charge in [-0.25, -0.2) is 4.98 Å². The Kier molecular flexibility index (Phi) is 6.93. The van der Waals surface area contributed by atoms with Crippen molar-refractivity contribution in [2.75, 3.05) is 11.9 Å². The molecule has 19 heavy (non-hydrogen) atoms. The van der Waals surface area contributed by atoms with Gasteiger partial charge in [0.1, 0.15) is 11.5 Å². The summed E-state index contributed by atoms with van der Waals surface area (Å²) in [4.78, 5) is 16.4. The van der Waals surface area contributed by atoms with E-state index in [1.807, 2.05) is 19.1 Å². The first-order chi connectivity index (χ1) is 9.17. The molecule has 4 heteroatoms. The van der Waals surface area contributed by atoms with E-state index in [1.165, 1.54) is 0 Å². The molecule has 0 bridgehead atoms. The van der Waals surface area contributed by atoms with Gasteiger partial charge >= 0.3 is 0 Å². The molecule has 1 aromatic heterocycles. The van der Waals surface area contributed by atoms with E-state index in [9.17, 15) is 4.79 Å². The smallest absolute Gasteiger partial charge is 0.270 e. The van der Waals surface area contributed by atoms with Crippen molar-refractivity contribution < 1.29 is 4.79 Å². The van der Waals surface area contributed by atoms with Crippen LogP contribution in [0.25, 0.3) is 0 Å². The third-order valence-corrected chi connectivity index (χ3v) is 2.91. The Morgan fingerprint density at radius 3 is 2.79 bits per heavy atom. The molecule has 2 N–H and O–H groups in total. The number of hydrogen-bond acceptors (Lipinski definition) is 3. The maximum atomic E-state index is 12.0. The Balaban J connectivity index is 2.56. The third-order valence-electron chi connectivity index (χ3n) is 2.91. The fourth-order valence-electron chi connectivity index (χ4n) is 1.79. The second kappa shape index (κ2) is 8.51. The molecule has 106 valence electrons. The van der Waals surface area contributed by atoms with Gasteiger partial charge < -0.3 is 10.6 Å². The lowest BCUT2D eigenvalue weighted by molar-refractivity contribution is 0.0933. The molecular formula is C15H25N3O. The number of aromatic nitrogens is 1. The highest BCUT2D eigenvalue weighted by molar-refractivity contribution is 5.92. The predicted octanol–water partition coefficient (Wildman–Crippen LogP) is 3.21. The first-order valence-corrected chi connectivity index (χ1v) is 7.19. The molecule has 1 atom stereocenters. The monoisotopic (exact) mass is 263 g/mol. The third kappa shape index (κ3) is 5.73. The molecule has 0 radical (unpaired) electrons. The van der Waals surface area contributed by atoms with Gasteiger partial charge in [0.25, 0.3) is 5.91 Å². The van der Waals surface area contributed by atoms with Gasteiger partial charge in [-0.05, 0) is 31.9 Å². The number of anilines is 1. The van der Waals surface area contributed by atoms with Crippen molar-refractivity contribution in [1.29, 1.82) is 0 Å². The molecule has 1 heterocycles. The summed E-state index contributed by atoms with van der Waals surface area (Å²) in [5, 5.41) is 6.17. The van der Waals surface area contributed by atoms with Gasteiger partial charge in [0.05, 0.1) is 0 Å². The van der Waals surface area contributed by atoms with Gasteiger partial charge in [0.15, 0.2) is 0 Å². The lowest BCUT2D eigenvalue weighted by Gasteiger charge is -2.13. The van der Waals surface area contributed by atoms with Crippen molar-refractivity contribution in [3.63, 3.8) is 0 Å². The van der Waals surface area contributed by atoms with Crippen LogP contribution >= 0.6 is 0 Å². The van der Waals surface area contributed by atoms with Crippen molar-refractivity contribution in [3.05, 3.63) is 23.9 Å². The number of hydrogen-bond donors (Lipinski definition) is 2. The Hall–Kier alpha value is -1.58. The highest BCUT2D eigenvalue weighted by Gasteiger charge is 2.11. The van der Waals surface area contributed by atoms with Crippen LogP contribution in [0.3, 0.4) is 0 Å². The second-order valence-electron chi connectivity index (χ2n) is 4.85. The Morgan fingerprint density at radius 2 is 2.11 bits per heavy atom. The molecule has 0 fully saturated rings. The summed E-state index contributed by atoms with van der Waals surface area (Å²) in [6, 6.07) is 5.68. The van der Waals surface area contributed by atoms with Crippen LogP contribution < -0.4 is 10.6 Å². The van der Waals surface area contributed by atoms with Crippen molar-refractivity contribution in [1.82, 2.24) is 10.3 Å². The molecule has 0 saturated heterocycles. The van der Waals surface area contributed by atoms with Crippen LogP contribution in [0.4, 0.5) is 5.82 Å². The summed E-state index contributed by atoms with van der Waals surface area (Å²) in [7, 11) is 0. The van der Waals surface area contributed by atoms with Gasteiger partial charge in [-0.2, -0.15) is 0 Å². The number of rotatable bonds is 8. The Morgan fingerprint density at radius 1 is 1.32 bits per heavy atom. The number of unbranched alkanes of at least 4 members (excludes halogenated alkanes) is 1. The Bertz CT molecular complexity index is 393. The molecular weight excluding hydrogens is 238 g/mol. The first-order valence-electron chi connectivity index (χ1n) is 7.19. The van der Waals surface area contributed by atoms with Gasteiger partial charge in [-0.1, -0.05) is 32.8 Å². The van der Waals surface area contributed by atoms with E-state index in [2.05, 4.69) is 29.5 Å². The average Bonchev–Trinajstić information content (AvgIpc) is 2.43. The number of carbonyl (C=O) groups is 1. The summed E-state index contributed by atoms with van der Waals surface area (Å²) >= 11 is 0. The quantitative estimate of drug-likeness (QED) is 0.757.